The first-order valence-corrected chi connectivity index (χ1v) is 9.28. The van der Waals surface area contributed by atoms with Crippen molar-refractivity contribution in [3.63, 3.8) is 0 Å². The van der Waals surface area contributed by atoms with Crippen molar-refractivity contribution in [3.05, 3.63) is 11.1 Å². The summed E-state index contributed by atoms with van der Waals surface area (Å²) in [6.45, 7) is 20.0. The summed E-state index contributed by atoms with van der Waals surface area (Å²) in [6, 6.07) is 0. The average molecular weight is 301 g/mol. The highest BCUT2D eigenvalue weighted by molar-refractivity contribution is 5.74. The molecule has 0 unspecified atom stereocenters. The zero-order chi connectivity index (χ0) is 17.7. The van der Waals surface area contributed by atoms with Gasteiger partial charge >= 0.3 is 0 Å². The Kier molecular flexibility index (Phi) is 37.7. The van der Waals surface area contributed by atoms with Gasteiger partial charge in [0, 0.05) is 6.42 Å². The largest absolute Gasteiger partial charge is 0.300 e. The molecule has 0 heterocycles. The van der Waals surface area contributed by atoms with E-state index in [4.69, 9.17) is 0 Å². The minimum absolute atomic E-state index is 0.255. The lowest BCUT2D eigenvalue weighted by molar-refractivity contribution is -0.116. The second-order valence-electron chi connectivity index (χ2n) is 4.35. The highest BCUT2D eigenvalue weighted by atomic mass is 16.1. The third-order valence-corrected chi connectivity index (χ3v) is 3.09. The second kappa shape index (κ2) is 27.7. The van der Waals surface area contributed by atoms with Gasteiger partial charge in [0.2, 0.25) is 0 Å². The molecule has 0 spiro atoms. The maximum absolute atomic E-state index is 9.81. The minimum Gasteiger partial charge on any atom is -0.300 e. The van der Waals surface area contributed by atoms with Gasteiger partial charge < -0.3 is 4.79 Å². The molecule has 0 N–H and O–H groups in total. The zero-order valence-corrected chi connectivity index (χ0v) is 16.9. The van der Waals surface area contributed by atoms with Gasteiger partial charge in [0.25, 0.3) is 0 Å². The zero-order valence-electron chi connectivity index (χ0n) is 16.9. The molecule has 0 aromatic heterocycles. The highest BCUT2D eigenvalue weighted by Gasteiger charge is 2.06. The minimum atomic E-state index is 0.255. The summed E-state index contributed by atoms with van der Waals surface area (Å²) in [5.41, 5.74) is 3.41. The van der Waals surface area contributed by atoms with E-state index in [1.807, 2.05) is 48.5 Å². The molecule has 0 radical (unpaired) electrons. The van der Waals surface area contributed by atoms with Crippen LogP contribution in [0.25, 0.3) is 0 Å². The van der Waals surface area contributed by atoms with Gasteiger partial charge in [-0.2, -0.15) is 0 Å². The fraction of sp³-hybridized carbons (Fsp3) is 0.850. The van der Waals surface area contributed by atoms with Gasteiger partial charge in [-0.3, -0.25) is 0 Å². The Morgan fingerprint density at radius 1 is 0.762 bits per heavy atom. The number of rotatable bonds is 2. The van der Waals surface area contributed by atoms with Crippen LogP contribution in [-0.2, 0) is 4.79 Å². The van der Waals surface area contributed by atoms with Crippen LogP contribution in [0.5, 0.6) is 0 Å². The number of hydrogen-bond acceptors (Lipinski definition) is 1. The van der Waals surface area contributed by atoms with Crippen molar-refractivity contribution < 1.29 is 4.79 Å². The monoisotopic (exact) mass is 300 g/mol. The molecule has 0 atom stereocenters. The predicted octanol–water partition coefficient (Wildman–Crippen LogP) is 7.74. The molecule has 1 nitrogen and oxygen atoms in total. The molecule has 1 aliphatic carbocycles. The SMILES string of the molecule is CC.CC.CC.CCC(C)=C1CCCCC1.CCC(C)=O. The smallest absolute Gasteiger partial charge is 0.129 e. The van der Waals surface area contributed by atoms with Crippen molar-refractivity contribution in [2.75, 3.05) is 0 Å². The van der Waals surface area contributed by atoms with Crippen LogP contribution >= 0.6 is 0 Å². The fourth-order valence-corrected chi connectivity index (χ4v) is 1.66. The molecule has 0 aliphatic heterocycles. The van der Waals surface area contributed by atoms with Crippen molar-refractivity contribution in [1.29, 1.82) is 0 Å². The van der Waals surface area contributed by atoms with Crippen LogP contribution in [0.15, 0.2) is 11.1 Å². The van der Waals surface area contributed by atoms with E-state index in [1.54, 1.807) is 18.1 Å². The Labute approximate surface area is 136 Å². The molecule has 21 heavy (non-hydrogen) atoms. The van der Waals surface area contributed by atoms with Crippen molar-refractivity contribution in [2.24, 2.45) is 0 Å². The number of hydrogen-bond donors (Lipinski definition) is 0. The van der Waals surface area contributed by atoms with Crippen LogP contribution in [0, 0.1) is 0 Å². The van der Waals surface area contributed by atoms with Crippen molar-refractivity contribution in [3.8, 4) is 0 Å². The number of ketones is 1. The molecule has 1 fully saturated rings. The van der Waals surface area contributed by atoms with Crippen LogP contribution < -0.4 is 0 Å². The molecular weight excluding hydrogens is 256 g/mol. The van der Waals surface area contributed by atoms with E-state index in [0.29, 0.717) is 6.42 Å². The number of allylic oxidation sites excluding steroid dienone is 2. The van der Waals surface area contributed by atoms with E-state index >= 15 is 0 Å². The molecule has 130 valence electrons. The molecule has 1 rings (SSSR count). The Hall–Kier alpha value is -0.590. The van der Waals surface area contributed by atoms with Crippen LogP contribution in [0.3, 0.4) is 0 Å². The first-order chi connectivity index (χ1) is 10.1. The summed E-state index contributed by atoms with van der Waals surface area (Å²) >= 11 is 0. The van der Waals surface area contributed by atoms with Gasteiger partial charge in [0.1, 0.15) is 5.78 Å². The molecule has 0 bridgehead atoms. The number of Topliss-reactive ketones (excluding diaryl/α,β-unsaturated/α-hetero) is 1. The molecule has 0 aromatic rings. The van der Waals surface area contributed by atoms with Gasteiger partial charge in [-0.25, -0.2) is 0 Å². The molecule has 0 amide bonds. The predicted molar refractivity (Wildman–Crippen MR) is 101 cm³/mol. The quantitative estimate of drug-likeness (QED) is 0.476. The van der Waals surface area contributed by atoms with Crippen molar-refractivity contribution >= 4 is 5.78 Å². The molecule has 1 saturated carbocycles. The van der Waals surface area contributed by atoms with E-state index in [0.717, 1.165) is 0 Å². The molecule has 1 aliphatic rings. The lowest BCUT2D eigenvalue weighted by Crippen LogP contribution is -1.96. The molecule has 1 heteroatoms. The first kappa shape index (κ1) is 28.6. The van der Waals surface area contributed by atoms with E-state index in [-0.39, 0.29) is 5.78 Å². The number of carbonyl (C=O) groups is 1. The van der Waals surface area contributed by atoms with Crippen LogP contribution in [-0.4, -0.2) is 5.78 Å². The maximum atomic E-state index is 9.81. The van der Waals surface area contributed by atoms with Gasteiger partial charge in [-0.15, -0.1) is 0 Å². The third-order valence-electron chi connectivity index (χ3n) is 3.09. The summed E-state index contributed by atoms with van der Waals surface area (Å²) in [5, 5.41) is 0. The van der Waals surface area contributed by atoms with Gasteiger partial charge in [-0.05, 0) is 46.0 Å². The topological polar surface area (TPSA) is 17.1 Å². The summed E-state index contributed by atoms with van der Waals surface area (Å²) < 4.78 is 0. The van der Waals surface area contributed by atoms with Crippen molar-refractivity contribution in [1.82, 2.24) is 0 Å². The van der Waals surface area contributed by atoms with Crippen LogP contribution in [0.1, 0.15) is 114 Å². The third kappa shape index (κ3) is 24.8. The van der Waals surface area contributed by atoms with E-state index in [2.05, 4.69) is 13.8 Å². The van der Waals surface area contributed by atoms with Gasteiger partial charge in [0.05, 0.1) is 0 Å². The molecule has 0 saturated heterocycles. The fourth-order valence-electron chi connectivity index (χ4n) is 1.66. The highest BCUT2D eigenvalue weighted by Crippen LogP contribution is 2.26. The Balaban J connectivity index is -0.000000112. The van der Waals surface area contributed by atoms with Gasteiger partial charge in [-0.1, -0.05) is 73.0 Å². The summed E-state index contributed by atoms with van der Waals surface area (Å²) in [5.74, 6) is 0.255. The normalized spacial score (nSPS) is 11.8. The molecular formula is C20H44O. The maximum Gasteiger partial charge on any atom is 0.129 e. The van der Waals surface area contributed by atoms with E-state index in [1.165, 1.54) is 38.5 Å². The van der Waals surface area contributed by atoms with Crippen LogP contribution in [0.2, 0.25) is 0 Å². The summed E-state index contributed by atoms with van der Waals surface area (Å²) in [7, 11) is 0. The van der Waals surface area contributed by atoms with E-state index in [9.17, 15) is 4.79 Å². The van der Waals surface area contributed by atoms with Gasteiger partial charge in [0.15, 0.2) is 0 Å². The summed E-state index contributed by atoms with van der Waals surface area (Å²) in [6.07, 6.45) is 9.04. The Bertz CT molecular complexity index is 206. The Morgan fingerprint density at radius 2 is 1.10 bits per heavy atom. The summed E-state index contributed by atoms with van der Waals surface area (Å²) in [4.78, 5) is 9.81. The lowest BCUT2D eigenvalue weighted by atomic mass is 9.91. The van der Waals surface area contributed by atoms with Crippen molar-refractivity contribution in [2.45, 2.75) is 114 Å². The standard InChI is InChI=1S/C10H18.C4H8O.3C2H6/c1-3-9(2)10-7-5-4-6-8-10;1-3-4(2)5;3*1-2/h3-8H2,1-2H3;3H2,1-2H3;3*1-2H3. The average Bonchev–Trinajstić information content (AvgIpc) is 2.60. The Morgan fingerprint density at radius 3 is 1.33 bits per heavy atom. The molecule has 0 aromatic carbocycles. The van der Waals surface area contributed by atoms with E-state index < -0.39 is 0 Å². The number of carbonyl (C=O) groups excluding carboxylic acids is 1. The first-order valence-electron chi connectivity index (χ1n) is 9.28. The lowest BCUT2D eigenvalue weighted by Gasteiger charge is -2.16. The second-order valence-corrected chi connectivity index (χ2v) is 4.35. The van der Waals surface area contributed by atoms with Crippen LogP contribution in [0.4, 0.5) is 0 Å².